The molecular weight excluding hydrogens is 326 g/mol. The first-order valence-corrected chi connectivity index (χ1v) is 9.30. The molecule has 26 heavy (non-hydrogen) atoms. The summed E-state index contributed by atoms with van der Waals surface area (Å²) in [6.07, 6.45) is 10.4. The fourth-order valence-corrected chi connectivity index (χ4v) is 3.25. The van der Waals surface area contributed by atoms with Crippen molar-refractivity contribution in [2.45, 2.75) is 51.1 Å². The molecule has 1 heterocycles. The predicted molar refractivity (Wildman–Crippen MR) is 101 cm³/mol. The van der Waals surface area contributed by atoms with Crippen LogP contribution >= 0.6 is 0 Å². The van der Waals surface area contributed by atoms with Crippen molar-refractivity contribution in [2.75, 3.05) is 0 Å². The summed E-state index contributed by atoms with van der Waals surface area (Å²) in [5, 5.41) is 5.98. The lowest BCUT2D eigenvalue weighted by atomic mass is 10.1. The zero-order valence-corrected chi connectivity index (χ0v) is 14.9. The minimum Gasteiger partial charge on any atom is -0.349 e. The lowest BCUT2D eigenvalue weighted by Crippen LogP contribution is -2.34. The summed E-state index contributed by atoms with van der Waals surface area (Å²) in [6, 6.07) is 10.8. The molecule has 1 saturated carbocycles. The van der Waals surface area contributed by atoms with Gasteiger partial charge in [-0.15, -0.1) is 0 Å². The Labute approximate surface area is 154 Å². The van der Waals surface area contributed by atoms with Gasteiger partial charge in [0.05, 0.1) is 0 Å². The van der Waals surface area contributed by atoms with E-state index in [-0.39, 0.29) is 17.9 Å². The third-order valence-corrected chi connectivity index (χ3v) is 4.78. The lowest BCUT2D eigenvalue weighted by molar-refractivity contribution is 0.0927. The minimum atomic E-state index is -0.162. The van der Waals surface area contributed by atoms with Gasteiger partial charge in [0.25, 0.3) is 11.8 Å². The maximum Gasteiger partial charge on any atom is 0.251 e. The van der Waals surface area contributed by atoms with Crippen LogP contribution < -0.4 is 10.6 Å². The zero-order valence-electron chi connectivity index (χ0n) is 14.9. The maximum atomic E-state index is 12.4. The summed E-state index contributed by atoms with van der Waals surface area (Å²) in [4.78, 5) is 28.6. The predicted octanol–water partition coefficient (Wildman–Crippen LogP) is 3.46. The van der Waals surface area contributed by atoms with Crippen LogP contribution in [0.25, 0.3) is 0 Å². The van der Waals surface area contributed by atoms with Crippen molar-refractivity contribution in [2.24, 2.45) is 0 Å². The fourth-order valence-electron chi connectivity index (χ4n) is 3.25. The summed E-state index contributed by atoms with van der Waals surface area (Å²) in [7, 11) is 0. The Morgan fingerprint density at radius 3 is 2.19 bits per heavy atom. The van der Waals surface area contributed by atoms with E-state index in [1.807, 2.05) is 12.1 Å². The van der Waals surface area contributed by atoms with Gasteiger partial charge in [0.1, 0.15) is 0 Å². The van der Waals surface area contributed by atoms with Gasteiger partial charge in [-0.05, 0) is 48.7 Å². The standard InChI is InChI=1S/C21H25N3O2/c25-20(23-15-16-6-5-13-22-14-16)17-9-11-18(12-10-17)21(26)24-19-7-3-1-2-4-8-19/h5-6,9-14,19H,1-4,7-8,15H2,(H,23,25)(H,24,26). The van der Waals surface area contributed by atoms with Crippen LogP contribution in [0.3, 0.4) is 0 Å². The summed E-state index contributed by atoms with van der Waals surface area (Å²) >= 11 is 0. The molecular formula is C21H25N3O2. The summed E-state index contributed by atoms with van der Waals surface area (Å²) in [5.41, 5.74) is 2.08. The van der Waals surface area contributed by atoms with Crippen molar-refractivity contribution in [3.8, 4) is 0 Å². The summed E-state index contributed by atoms with van der Waals surface area (Å²) in [5.74, 6) is -0.219. The first kappa shape index (κ1) is 18.1. The minimum absolute atomic E-state index is 0.0563. The second-order valence-corrected chi connectivity index (χ2v) is 6.78. The van der Waals surface area contributed by atoms with Crippen molar-refractivity contribution in [3.63, 3.8) is 0 Å². The summed E-state index contributed by atoms with van der Waals surface area (Å²) < 4.78 is 0. The van der Waals surface area contributed by atoms with Gasteiger partial charge < -0.3 is 10.6 Å². The van der Waals surface area contributed by atoms with Crippen LogP contribution in [-0.2, 0) is 6.54 Å². The quantitative estimate of drug-likeness (QED) is 0.811. The average molecular weight is 351 g/mol. The molecule has 0 spiro atoms. The third-order valence-electron chi connectivity index (χ3n) is 4.78. The zero-order chi connectivity index (χ0) is 18.2. The number of aromatic nitrogens is 1. The van der Waals surface area contributed by atoms with Crippen LogP contribution in [0, 0.1) is 0 Å². The van der Waals surface area contributed by atoms with Gasteiger partial charge in [-0.25, -0.2) is 0 Å². The van der Waals surface area contributed by atoms with E-state index in [9.17, 15) is 9.59 Å². The number of hydrogen-bond donors (Lipinski definition) is 2. The number of benzene rings is 1. The molecule has 1 aromatic heterocycles. The van der Waals surface area contributed by atoms with Gasteiger partial charge >= 0.3 is 0 Å². The molecule has 1 aliphatic rings. The molecule has 1 fully saturated rings. The number of amides is 2. The van der Waals surface area contributed by atoms with Crippen LogP contribution in [0.5, 0.6) is 0 Å². The molecule has 5 nitrogen and oxygen atoms in total. The van der Waals surface area contributed by atoms with E-state index in [1.165, 1.54) is 25.7 Å². The molecule has 0 radical (unpaired) electrons. The van der Waals surface area contributed by atoms with Gasteiger partial charge in [-0.1, -0.05) is 31.7 Å². The highest BCUT2D eigenvalue weighted by atomic mass is 16.2. The van der Waals surface area contributed by atoms with Crippen molar-refractivity contribution in [3.05, 3.63) is 65.5 Å². The van der Waals surface area contributed by atoms with E-state index < -0.39 is 0 Å². The van der Waals surface area contributed by atoms with Crippen molar-refractivity contribution in [1.82, 2.24) is 15.6 Å². The van der Waals surface area contributed by atoms with E-state index in [4.69, 9.17) is 0 Å². The Kier molecular flexibility index (Phi) is 6.36. The second-order valence-electron chi connectivity index (χ2n) is 6.78. The van der Waals surface area contributed by atoms with E-state index in [1.54, 1.807) is 36.7 Å². The molecule has 0 saturated heterocycles. The van der Waals surface area contributed by atoms with Gasteiger partial charge in [-0.3, -0.25) is 14.6 Å². The number of pyridine rings is 1. The third kappa shape index (κ3) is 5.15. The van der Waals surface area contributed by atoms with E-state index in [0.29, 0.717) is 17.7 Å². The van der Waals surface area contributed by atoms with Crippen molar-refractivity contribution in [1.29, 1.82) is 0 Å². The Morgan fingerprint density at radius 2 is 1.58 bits per heavy atom. The van der Waals surface area contributed by atoms with E-state index in [0.717, 1.165) is 18.4 Å². The van der Waals surface area contributed by atoms with Crippen LogP contribution in [0.2, 0.25) is 0 Å². The van der Waals surface area contributed by atoms with Crippen LogP contribution in [0.15, 0.2) is 48.8 Å². The topological polar surface area (TPSA) is 71.1 Å². The molecule has 1 aliphatic carbocycles. The first-order valence-electron chi connectivity index (χ1n) is 9.30. The number of hydrogen-bond acceptors (Lipinski definition) is 3. The van der Waals surface area contributed by atoms with E-state index >= 15 is 0 Å². The first-order chi connectivity index (χ1) is 12.7. The van der Waals surface area contributed by atoms with Crippen molar-refractivity contribution < 1.29 is 9.59 Å². The highest BCUT2D eigenvalue weighted by molar-refractivity contribution is 5.97. The average Bonchev–Trinajstić information content (AvgIpc) is 2.95. The monoisotopic (exact) mass is 351 g/mol. The molecule has 1 aromatic carbocycles. The highest BCUT2D eigenvalue weighted by Gasteiger charge is 2.16. The molecule has 2 amide bonds. The number of rotatable bonds is 5. The Bertz CT molecular complexity index is 721. The molecule has 0 aliphatic heterocycles. The number of nitrogens with one attached hydrogen (secondary N) is 2. The van der Waals surface area contributed by atoms with Crippen LogP contribution in [-0.4, -0.2) is 22.8 Å². The molecule has 3 rings (SSSR count). The highest BCUT2D eigenvalue weighted by Crippen LogP contribution is 2.17. The fraction of sp³-hybridized carbons (Fsp3) is 0.381. The molecule has 5 heteroatoms. The summed E-state index contributed by atoms with van der Waals surface area (Å²) in [6.45, 7) is 0.427. The Balaban J connectivity index is 1.53. The SMILES string of the molecule is O=C(NCc1cccnc1)c1ccc(C(=O)NC2CCCCCC2)cc1. The lowest BCUT2D eigenvalue weighted by Gasteiger charge is -2.16. The molecule has 0 unspecified atom stereocenters. The molecule has 0 bridgehead atoms. The largest absolute Gasteiger partial charge is 0.349 e. The van der Waals surface area contributed by atoms with Gasteiger partial charge in [0.2, 0.25) is 0 Å². The van der Waals surface area contributed by atoms with Gasteiger partial charge in [-0.2, -0.15) is 0 Å². The number of carbonyl (C=O) groups is 2. The molecule has 2 N–H and O–H groups in total. The second kappa shape index (κ2) is 9.13. The Morgan fingerprint density at radius 1 is 0.923 bits per heavy atom. The molecule has 136 valence electrons. The van der Waals surface area contributed by atoms with Gasteiger partial charge in [0, 0.05) is 36.1 Å². The molecule has 2 aromatic rings. The smallest absolute Gasteiger partial charge is 0.251 e. The van der Waals surface area contributed by atoms with Crippen LogP contribution in [0.4, 0.5) is 0 Å². The van der Waals surface area contributed by atoms with Crippen molar-refractivity contribution >= 4 is 11.8 Å². The van der Waals surface area contributed by atoms with E-state index in [2.05, 4.69) is 15.6 Å². The normalized spacial score (nSPS) is 15.1. The molecule has 0 atom stereocenters. The maximum absolute atomic E-state index is 12.4. The Hall–Kier alpha value is -2.69. The number of nitrogens with zero attached hydrogens (tertiary/aromatic N) is 1. The van der Waals surface area contributed by atoms with Crippen LogP contribution in [0.1, 0.15) is 64.8 Å². The van der Waals surface area contributed by atoms with Gasteiger partial charge in [0.15, 0.2) is 0 Å². The number of carbonyl (C=O) groups excluding carboxylic acids is 2.